The zero-order chi connectivity index (χ0) is 22.4. The molecular formula is C22H16Cl2N2O4S. The van der Waals surface area contributed by atoms with Crippen molar-refractivity contribution in [3.05, 3.63) is 82.0 Å². The molecule has 1 heterocycles. The predicted molar refractivity (Wildman–Crippen MR) is 125 cm³/mol. The summed E-state index contributed by atoms with van der Waals surface area (Å²) in [6, 6.07) is 15.0. The van der Waals surface area contributed by atoms with E-state index in [1.165, 1.54) is 19.3 Å². The first kappa shape index (κ1) is 22.6. The van der Waals surface area contributed by atoms with E-state index < -0.39 is 11.9 Å². The average molecular weight is 475 g/mol. The fraction of sp³-hybridized carbons (Fsp3) is 0.0455. The van der Waals surface area contributed by atoms with Crippen molar-refractivity contribution in [1.82, 2.24) is 5.32 Å². The lowest BCUT2D eigenvalue weighted by molar-refractivity contribution is -0.115. The molecular weight excluding hydrogens is 459 g/mol. The highest BCUT2D eigenvalue weighted by Gasteiger charge is 2.09. The van der Waals surface area contributed by atoms with E-state index in [1.807, 2.05) is 0 Å². The number of rotatable bonds is 5. The highest BCUT2D eigenvalue weighted by molar-refractivity contribution is 7.80. The second-order valence-corrected chi connectivity index (χ2v) is 7.42. The van der Waals surface area contributed by atoms with Crippen molar-refractivity contribution in [2.24, 2.45) is 0 Å². The van der Waals surface area contributed by atoms with E-state index in [2.05, 4.69) is 15.4 Å². The molecule has 2 N–H and O–H groups in total. The Morgan fingerprint density at radius 2 is 1.81 bits per heavy atom. The summed E-state index contributed by atoms with van der Waals surface area (Å²) in [6.07, 6.45) is 2.80. The summed E-state index contributed by atoms with van der Waals surface area (Å²) >= 11 is 17.2. The number of amides is 1. The van der Waals surface area contributed by atoms with Gasteiger partial charge in [0.1, 0.15) is 11.5 Å². The molecule has 0 bridgehead atoms. The van der Waals surface area contributed by atoms with Crippen LogP contribution in [0.1, 0.15) is 16.1 Å². The lowest BCUT2D eigenvalue weighted by Crippen LogP contribution is -2.32. The molecule has 9 heteroatoms. The molecule has 3 rings (SSSR count). The number of benzene rings is 2. The van der Waals surface area contributed by atoms with Crippen LogP contribution in [-0.4, -0.2) is 24.1 Å². The monoisotopic (exact) mass is 474 g/mol. The van der Waals surface area contributed by atoms with Crippen molar-refractivity contribution >= 4 is 64.2 Å². The minimum absolute atomic E-state index is 0.105. The van der Waals surface area contributed by atoms with Crippen LogP contribution in [-0.2, 0) is 9.53 Å². The normalized spacial score (nSPS) is 10.7. The van der Waals surface area contributed by atoms with Gasteiger partial charge in [-0.2, -0.15) is 0 Å². The summed E-state index contributed by atoms with van der Waals surface area (Å²) in [4.78, 5) is 23.5. The number of carbonyl (C=O) groups is 2. The van der Waals surface area contributed by atoms with E-state index in [4.69, 9.17) is 39.8 Å². The Labute approximate surface area is 193 Å². The number of anilines is 1. The molecule has 0 unspecified atom stereocenters. The van der Waals surface area contributed by atoms with Crippen molar-refractivity contribution in [1.29, 1.82) is 0 Å². The van der Waals surface area contributed by atoms with Gasteiger partial charge in [-0.15, -0.1) is 0 Å². The molecule has 0 fully saturated rings. The molecule has 0 aliphatic carbocycles. The Bertz CT molecular complexity index is 1160. The van der Waals surface area contributed by atoms with Gasteiger partial charge < -0.3 is 14.5 Å². The second-order valence-electron chi connectivity index (χ2n) is 6.17. The Morgan fingerprint density at radius 1 is 1.06 bits per heavy atom. The maximum absolute atomic E-state index is 12.1. The summed E-state index contributed by atoms with van der Waals surface area (Å²) < 4.78 is 10.3. The molecule has 1 aromatic heterocycles. The van der Waals surface area contributed by atoms with Crippen LogP contribution < -0.4 is 10.6 Å². The third-order valence-corrected chi connectivity index (χ3v) is 4.77. The van der Waals surface area contributed by atoms with Crippen LogP contribution in [0.5, 0.6) is 0 Å². The first-order valence-electron chi connectivity index (χ1n) is 8.89. The molecule has 0 aliphatic heterocycles. The van der Waals surface area contributed by atoms with Gasteiger partial charge in [0.05, 0.1) is 17.7 Å². The first-order valence-corrected chi connectivity index (χ1v) is 10.1. The molecule has 0 atom stereocenters. The molecule has 3 aromatic rings. The standard InChI is InChI=1S/C22H16Cl2N2O4S/c1-29-21(28)13-2-5-15(6-3-13)25-22(31)26-20(27)11-8-16-7-10-19(30-16)17-9-4-14(23)12-18(17)24/h2-12H,1H3,(H2,25,26,27,31)/b11-8+. The van der Waals surface area contributed by atoms with E-state index in [0.717, 1.165) is 0 Å². The van der Waals surface area contributed by atoms with Gasteiger partial charge in [-0.25, -0.2) is 4.79 Å². The number of carbonyl (C=O) groups excluding carboxylic acids is 2. The van der Waals surface area contributed by atoms with Gasteiger partial charge in [0.25, 0.3) is 0 Å². The largest absolute Gasteiger partial charge is 0.465 e. The molecule has 0 saturated carbocycles. The van der Waals surface area contributed by atoms with Crippen molar-refractivity contribution < 1.29 is 18.7 Å². The predicted octanol–water partition coefficient (Wildman–Crippen LogP) is 5.57. The van der Waals surface area contributed by atoms with Crippen molar-refractivity contribution in [2.75, 3.05) is 12.4 Å². The fourth-order valence-electron chi connectivity index (χ4n) is 2.56. The molecule has 2 aromatic carbocycles. The molecule has 31 heavy (non-hydrogen) atoms. The maximum Gasteiger partial charge on any atom is 0.337 e. The van der Waals surface area contributed by atoms with Crippen molar-refractivity contribution in [3.63, 3.8) is 0 Å². The van der Waals surface area contributed by atoms with E-state index >= 15 is 0 Å². The van der Waals surface area contributed by atoms with Crippen LogP contribution in [0.25, 0.3) is 17.4 Å². The Kier molecular flexibility index (Phi) is 7.46. The molecule has 1 amide bonds. The molecule has 0 saturated heterocycles. The van der Waals surface area contributed by atoms with E-state index in [1.54, 1.807) is 54.6 Å². The van der Waals surface area contributed by atoms with Gasteiger partial charge in [0.2, 0.25) is 5.91 Å². The minimum Gasteiger partial charge on any atom is -0.465 e. The molecule has 0 spiro atoms. The summed E-state index contributed by atoms with van der Waals surface area (Å²) in [5, 5.41) is 6.48. The minimum atomic E-state index is -0.439. The Morgan fingerprint density at radius 3 is 2.48 bits per heavy atom. The Balaban J connectivity index is 1.56. The lowest BCUT2D eigenvalue weighted by Gasteiger charge is -2.08. The van der Waals surface area contributed by atoms with Crippen LogP contribution in [0, 0.1) is 0 Å². The van der Waals surface area contributed by atoms with Crippen molar-refractivity contribution in [3.8, 4) is 11.3 Å². The number of ether oxygens (including phenoxy) is 1. The summed E-state index contributed by atoms with van der Waals surface area (Å²) in [5.74, 6) is 0.140. The highest BCUT2D eigenvalue weighted by atomic mass is 35.5. The summed E-state index contributed by atoms with van der Waals surface area (Å²) in [5.41, 5.74) is 1.71. The Hall–Kier alpha value is -3.13. The number of nitrogens with one attached hydrogen (secondary N) is 2. The third-order valence-electron chi connectivity index (χ3n) is 4.02. The fourth-order valence-corrected chi connectivity index (χ4v) is 3.28. The number of hydrogen-bond acceptors (Lipinski definition) is 5. The number of thiocarbonyl (C=S) groups is 1. The number of esters is 1. The number of halogens is 2. The van der Waals surface area contributed by atoms with Crippen LogP contribution in [0.3, 0.4) is 0 Å². The van der Waals surface area contributed by atoms with Gasteiger partial charge >= 0.3 is 5.97 Å². The SMILES string of the molecule is COC(=O)c1ccc(NC(=S)NC(=O)/C=C/c2ccc(-c3ccc(Cl)cc3Cl)o2)cc1. The number of methoxy groups -OCH3 is 1. The van der Waals surface area contributed by atoms with E-state index in [9.17, 15) is 9.59 Å². The van der Waals surface area contributed by atoms with Gasteiger partial charge in [-0.3, -0.25) is 10.1 Å². The number of furan rings is 1. The second kappa shape index (κ2) is 10.3. The smallest absolute Gasteiger partial charge is 0.337 e. The van der Waals surface area contributed by atoms with Crippen molar-refractivity contribution in [2.45, 2.75) is 0 Å². The maximum atomic E-state index is 12.1. The molecule has 158 valence electrons. The van der Waals surface area contributed by atoms with E-state index in [0.29, 0.717) is 38.4 Å². The molecule has 6 nitrogen and oxygen atoms in total. The summed E-state index contributed by atoms with van der Waals surface area (Å²) in [6.45, 7) is 0. The zero-order valence-electron chi connectivity index (χ0n) is 16.1. The molecule has 0 radical (unpaired) electrons. The van der Waals surface area contributed by atoms with Crippen LogP contribution in [0.2, 0.25) is 10.0 Å². The zero-order valence-corrected chi connectivity index (χ0v) is 18.5. The van der Waals surface area contributed by atoms with Crippen LogP contribution in [0.15, 0.2) is 65.1 Å². The first-order chi connectivity index (χ1) is 14.9. The van der Waals surface area contributed by atoms with Gasteiger partial charge in [-0.1, -0.05) is 23.2 Å². The highest BCUT2D eigenvalue weighted by Crippen LogP contribution is 2.31. The topological polar surface area (TPSA) is 80.6 Å². The van der Waals surface area contributed by atoms with Gasteiger partial charge in [0, 0.05) is 22.3 Å². The average Bonchev–Trinajstić information content (AvgIpc) is 3.21. The van der Waals surface area contributed by atoms with Crippen LogP contribution in [0.4, 0.5) is 5.69 Å². The quantitative estimate of drug-likeness (QED) is 0.286. The van der Waals surface area contributed by atoms with Crippen LogP contribution >= 0.6 is 35.4 Å². The number of hydrogen-bond donors (Lipinski definition) is 2. The van der Waals surface area contributed by atoms with Gasteiger partial charge in [-0.05, 0) is 72.9 Å². The third kappa shape index (κ3) is 6.18. The lowest BCUT2D eigenvalue weighted by atomic mass is 10.2. The summed E-state index contributed by atoms with van der Waals surface area (Å²) in [7, 11) is 1.31. The molecule has 0 aliphatic rings. The van der Waals surface area contributed by atoms with Gasteiger partial charge in [0.15, 0.2) is 5.11 Å². The van der Waals surface area contributed by atoms with E-state index in [-0.39, 0.29) is 5.11 Å².